The predicted octanol–water partition coefficient (Wildman–Crippen LogP) is 3.09. The van der Waals surface area contributed by atoms with Crippen LogP contribution in [0.4, 0.5) is 0 Å². The molecule has 0 aliphatic carbocycles. The number of aromatic nitrogens is 2. The molecule has 15 heteroatoms. The van der Waals surface area contributed by atoms with E-state index in [1.54, 1.807) is 23.6 Å². The molecule has 3 heterocycles. The van der Waals surface area contributed by atoms with Crippen LogP contribution in [-0.4, -0.2) is 72.3 Å². The number of hydrogen-bond donors (Lipinski definition) is 3. The first-order valence-corrected chi connectivity index (χ1v) is 17.9. The first-order chi connectivity index (χ1) is 23.0. The fraction of sp³-hybridized carbons (Fsp3) is 0.333. The lowest BCUT2D eigenvalue weighted by Crippen LogP contribution is -2.46. The molecule has 3 N–H and O–H groups in total. The summed E-state index contributed by atoms with van der Waals surface area (Å²) in [6.45, 7) is 3.26. The molecule has 13 nitrogen and oxygen atoms in total. The Morgan fingerprint density at radius 2 is 1.69 bits per heavy atom. The number of nitrogens with one attached hydrogen (secondary N) is 3. The SMILES string of the molecule is CC(C)[C@@H]1NC(=O)CN(C(=O)CCS(=O)(=O)c2ccccc2)CCNC(=O)c2coc(n2)[C@H](Cc2ccccc2)NC(=O)c2csc1n2. The summed E-state index contributed by atoms with van der Waals surface area (Å²) in [5.74, 6) is -2.62. The molecular formula is C33H36N6O7S2. The Kier molecular flexibility index (Phi) is 11.0. The molecule has 0 saturated carbocycles. The highest BCUT2D eigenvalue weighted by atomic mass is 32.2. The van der Waals surface area contributed by atoms with Crippen LogP contribution < -0.4 is 16.0 Å². The molecule has 48 heavy (non-hydrogen) atoms. The summed E-state index contributed by atoms with van der Waals surface area (Å²) in [6.07, 6.45) is 1.14. The van der Waals surface area contributed by atoms with Gasteiger partial charge in [-0.15, -0.1) is 11.3 Å². The standard InChI is InChI=1S/C33H36N6O7S2/c1-21(2)29-33-37-26(20-47-33)31(43)35-24(17-22-9-5-3-6-10-22)32-36-25(19-46-32)30(42)34-14-15-39(18-27(40)38-29)28(41)13-16-48(44,45)23-11-7-4-8-12-23/h3-12,19-21,24,29H,13-18H2,1-2H3,(H,34,42)(H,35,43)(H,38,40)/t24-,29-/m0/s1. The van der Waals surface area contributed by atoms with Gasteiger partial charge in [-0.25, -0.2) is 18.4 Å². The summed E-state index contributed by atoms with van der Waals surface area (Å²) in [7, 11) is -3.75. The van der Waals surface area contributed by atoms with Crippen molar-refractivity contribution in [3.05, 3.63) is 100 Å². The molecule has 0 spiro atoms. The Hall–Kier alpha value is -4.89. The summed E-state index contributed by atoms with van der Waals surface area (Å²) in [6, 6.07) is 15.9. The van der Waals surface area contributed by atoms with Crippen LogP contribution in [0.1, 0.15) is 69.8 Å². The van der Waals surface area contributed by atoms with Gasteiger partial charge in [0.25, 0.3) is 11.8 Å². The van der Waals surface area contributed by atoms with Crippen LogP contribution in [0, 0.1) is 5.92 Å². The zero-order chi connectivity index (χ0) is 34.3. The Balaban J connectivity index is 1.41. The van der Waals surface area contributed by atoms with E-state index >= 15 is 0 Å². The largest absolute Gasteiger partial charge is 0.446 e. The first-order valence-electron chi connectivity index (χ1n) is 15.4. The highest BCUT2D eigenvalue weighted by Gasteiger charge is 2.29. The number of thiazole rings is 1. The van der Waals surface area contributed by atoms with Crippen molar-refractivity contribution >= 4 is 44.8 Å². The molecule has 252 valence electrons. The minimum absolute atomic E-state index is 0.0429. The third-order valence-electron chi connectivity index (χ3n) is 7.69. The van der Waals surface area contributed by atoms with Crippen LogP contribution in [0.3, 0.4) is 0 Å². The van der Waals surface area contributed by atoms with E-state index in [4.69, 9.17) is 4.42 Å². The van der Waals surface area contributed by atoms with Gasteiger partial charge < -0.3 is 25.3 Å². The summed E-state index contributed by atoms with van der Waals surface area (Å²) >= 11 is 1.21. The van der Waals surface area contributed by atoms with Crippen molar-refractivity contribution in [3.8, 4) is 0 Å². The Labute approximate surface area is 282 Å². The van der Waals surface area contributed by atoms with Crippen LogP contribution in [0.2, 0.25) is 0 Å². The van der Waals surface area contributed by atoms with Gasteiger partial charge in [0, 0.05) is 31.3 Å². The number of sulfone groups is 1. The van der Waals surface area contributed by atoms with E-state index in [1.165, 1.54) is 34.6 Å². The van der Waals surface area contributed by atoms with Crippen LogP contribution >= 0.6 is 11.3 Å². The van der Waals surface area contributed by atoms with E-state index in [0.29, 0.717) is 11.4 Å². The lowest BCUT2D eigenvalue weighted by molar-refractivity contribution is -0.136. The quantitative estimate of drug-likeness (QED) is 0.262. The monoisotopic (exact) mass is 692 g/mol. The van der Waals surface area contributed by atoms with Gasteiger partial charge in [-0.2, -0.15) is 0 Å². The lowest BCUT2D eigenvalue weighted by atomic mass is 10.0. The van der Waals surface area contributed by atoms with Crippen molar-refractivity contribution in [1.29, 1.82) is 0 Å². The fourth-order valence-electron chi connectivity index (χ4n) is 5.09. The zero-order valence-corrected chi connectivity index (χ0v) is 28.1. The molecule has 0 radical (unpaired) electrons. The Bertz CT molecular complexity index is 1860. The van der Waals surface area contributed by atoms with Crippen molar-refractivity contribution in [2.75, 3.05) is 25.4 Å². The van der Waals surface area contributed by atoms with E-state index in [9.17, 15) is 27.6 Å². The number of carbonyl (C=O) groups excluding carboxylic acids is 4. The molecule has 2 aromatic carbocycles. The van der Waals surface area contributed by atoms with Crippen molar-refractivity contribution in [1.82, 2.24) is 30.8 Å². The van der Waals surface area contributed by atoms with E-state index in [-0.39, 0.29) is 47.6 Å². The number of fused-ring (bicyclic) bond motifs is 4. The number of amides is 4. The van der Waals surface area contributed by atoms with Crippen molar-refractivity contribution in [2.24, 2.45) is 5.92 Å². The molecule has 5 rings (SSSR count). The number of hydrogen-bond acceptors (Lipinski definition) is 10. The summed E-state index contributed by atoms with van der Waals surface area (Å²) in [5, 5.41) is 10.6. The fourth-order valence-corrected chi connectivity index (χ4v) is 7.36. The molecule has 0 unspecified atom stereocenters. The van der Waals surface area contributed by atoms with Crippen LogP contribution in [0.5, 0.6) is 0 Å². The molecule has 4 aromatic rings. The van der Waals surface area contributed by atoms with Crippen molar-refractivity contribution in [2.45, 2.75) is 43.7 Å². The second-order valence-electron chi connectivity index (χ2n) is 11.6. The minimum atomic E-state index is -3.75. The smallest absolute Gasteiger partial charge is 0.273 e. The summed E-state index contributed by atoms with van der Waals surface area (Å²) < 4.78 is 31.4. The average molecular weight is 693 g/mol. The van der Waals surface area contributed by atoms with Gasteiger partial charge >= 0.3 is 0 Å². The molecule has 1 aliphatic heterocycles. The third kappa shape index (κ3) is 8.72. The van der Waals surface area contributed by atoms with Gasteiger partial charge in [0.2, 0.25) is 17.7 Å². The number of nitrogens with zero attached hydrogens (tertiary/aromatic N) is 3. The molecule has 1 aliphatic rings. The second-order valence-corrected chi connectivity index (χ2v) is 14.6. The van der Waals surface area contributed by atoms with Gasteiger partial charge in [-0.05, 0) is 23.6 Å². The van der Waals surface area contributed by atoms with Crippen LogP contribution in [-0.2, 0) is 25.8 Å². The molecule has 4 amide bonds. The molecule has 2 atom stereocenters. The lowest BCUT2D eigenvalue weighted by Gasteiger charge is -2.25. The first kappa shape index (κ1) is 34.4. The van der Waals surface area contributed by atoms with Gasteiger partial charge in [0.1, 0.15) is 23.0 Å². The molecular weight excluding hydrogens is 657 g/mol. The number of oxazole rings is 1. The Morgan fingerprint density at radius 1 is 0.979 bits per heavy atom. The van der Waals surface area contributed by atoms with E-state index in [0.717, 1.165) is 5.56 Å². The maximum Gasteiger partial charge on any atom is 0.273 e. The molecule has 4 bridgehead atoms. The second kappa shape index (κ2) is 15.3. The predicted molar refractivity (Wildman–Crippen MR) is 177 cm³/mol. The van der Waals surface area contributed by atoms with E-state index in [2.05, 4.69) is 25.9 Å². The van der Waals surface area contributed by atoms with Gasteiger partial charge in [0.05, 0.1) is 23.2 Å². The average Bonchev–Trinajstić information content (AvgIpc) is 3.77. The zero-order valence-electron chi connectivity index (χ0n) is 26.4. The maximum atomic E-state index is 13.4. The van der Waals surface area contributed by atoms with Gasteiger partial charge in [-0.1, -0.05) is 62.4 Å². The van der Waals surface area contributed by atoms with Crippen LogP contribution in [0.25, 0.3) is 0 Å². The minimum Gasteiger partial charge on any atom is -0.446 e. The molecule has 0 fully saturated rings. The number of rotatable bonds is 7. The number of carbonyl (C=O) groups is 4. The third-order valence-corrected chi connectivity index (χ3v) is 10.3. The van der Waals surface area contributed by atoms with Gasteiger partial charge in [0.15, 0.2) is 15.5 Å². The summed E-state index contributed by atoms with van der Waals surface area (Å²) in [4.78, 5) is 63.3. The normalized spacial score (nSPS) is 18.0. The summed E-state index contributed by atoms with van der Waals surface area (Å²) in [5.41, 5.74) is 0.991. The number of benzene rings is 2. The van der Waals surface area contributed by atoms with Crippen molar-refractivity contribution < 1.29 is 32.0 Å². The Morgan fingerprint density at radius 3 is 2.40 bits per heavy atom. The van der Waals surface area contributed by atoms with Crippen molar-refractivity contribution in [3.63, 3.8) is 0 Å². The van der Waals surface area contributed by atoms with Crippen LogP contribution in [0.15, 0.2) is 81.6 Å². The topological polar surface area (TPSA) is 181 Å². The highest BCUT2D eigenvalue weighted by Crippen LogP contribution is 2.26. The van der Waals surface area contributed by atoms with E-state index in [1.807, 2.05) is 44.2 Å². The van der Waals surface area contributed by atoms with Gasteiger partial charge in [-0.3, -0.25) is 19.2 Å². The molecule has 0 saturated heterocycles. The maximum absolute atomic E-state index is 13.4. The highest BCUT2D eigenvalue weighted by molar-refractivity contribution is 7.91. The molecule has 2 aromatic heterocycles. The van der Waals surface area contributed by atoms with E-state index < -0.39 is 57.8 Å².